The van der Waals surface area contributed by atoms with Crippen LogP contribution < -0.4 is 11.0 Å². The third-order valence-corrected chi connectivity index (χ3v) is 3.80. The maximum absolute atomic E-state index is 13.6. The zero-order chi connectivity index (χ0) is 20.3. The molecule has 10 heteroatoms. The molecule has 28 heavy (non-hydrogen) atoms. The summed E-state index contributed by atoms with van der Waals surface area (Å²) < 4.78 is 41.7. The highest BCUT2D eigenvalue weighted by Gasteiger charge is 2.41. The van der Waals surface area contributed by atoms with Gasteiger partial charge in [0.2, 0.25) is 0 Å². The highest BCUT2D eigenvalue weighted by Crippen LogP contribution is 2.22. The lowest BCUT2D eigenvalue weighted by Gasteiger charge is -2.09. The van der Waals surface area contributed by atoms with Crippen molar-refractivity contribution in [1.29, 1.82) is 0 Å². The van der Waals surface area contributed by atoms with E-state index in [4.69, 9.17) is 0 Å². The Morgan fingerprint density at radius 3 is 2.39 bits per heavy atom. The second kappa shape index (κ2) is 7.51. The molecule has 3 rings (SSSR count). The van der Waals surface area contributed by atoms with Gasteiger partial charge in [0.15, 0.2) is 5.71 Å². The van der Waals surface area contributed by atoms with E-state index >= 15 is 0 Å². The number of hydrazone groups is 1. The summed E-state index contributed by atoms with van der Waals surface area (Å²) in [6.07, 6.45) is -2.33. The first-order chi connectivity index (χ1) is 13.3. The van der Waals surface area contributed by atoms with Crippen molar-refractivity contribution < 1.29 is 18.0 Å². The number of para-hydroxylation sites is 1. The lowest BCUT2D eigenvalue weighted by Crippen LogP contribution is -2.33. The molecule has 2 N–H and O–H groups in total. The van der Waals surface area contributed by atoms with Gasteiger partial charge in [0.25, 0.3) is 11.5 Å². The number of H-pyrrole nitrogens is 1. The van der Waals surface area contributed by atoms with E-state index in [0.717, 1.165) is 4.68 Å². The Kier molecular flexibility index (Phi) is 5.12. The summed E-state index contributed by atoms with van der Waals surface area (Å²) in [4.78, 5) is 28.3. The van der Waals surface area contributed by atoms with Crippen molar-refractivity contribution in [3.05, 3.63) is 82.0 Å². The maximum atomic E-state index is 13.6. The highest BCUT2D eigenvalue weighted by atomic mass is 19.4. The normalized spacial score (nSPS) is 12.1. The molecule has 0 radical (unpaired) electrons. The first-order valence-electron chi connectivity index (χ1n) is 8.01. The molecule has 3 aromatic rings. The molecule has 2 aromatic heterocycles. The van der Waals surface area contributed by atoms with Crippen LogP contribution in [-0.2, 0) is 0 Å². The first-order valence-corrected chi connectivity index (χ1v) is 8.01. The number of halogens is 3. The van der Waals surface area contributed by atoms with E-state index in [0.29, 0.717) is 5.69 Å². The number of carbonyl (C=O) groups excluding carboxylic acids is 1. The van der Waals surface area contributed by atoms with Gasteiger partial charge in [-0.2, -0.15) is 18.3 Å². The van der Waals surface area contributed by atoms with E-state index in [-0.39, 0.29) is 11.3 Å². The number of nitrogens with one attached hydrogen (secondary N) is 2. The number of hydrogen-bond acceptors (Lipinski definition) is 4. The topological polar surface area (TPSA) is 92.1 Å². The zero-order valence-corrected chi connectivity index (χ0v) is 14.5. The molecular formula is C18H14F3N5O2. The molecule has 2 heterocycles. The highest BCUT2D eigenvalue weighted by molar-refractivity contribution is 6.06. The van der Waals surface area contributed by atoms with Gasteiger partial charge in [-0.1, -0.05) is 18.2 Å². The predicted octanol–water partition coefficient (Wildman–Crippen LogP) is 2.57. The minimum absolute atomic E-state index is 0.0388. The molecule has 7 nitrogen and oxygen atoms in total. The van der Waals surface area contributed by atoms with Crippen LogP contribution in [0.5, 0.6) is 0 Å². The average molecular weight is 389 g/mol. The molecule has 0 aliphatic heterocycles. The lowest BCUT2D eigenvalue weighted by atomic mass is 10.1. The molecular weight excluding hydrogens is 375 g/mol. The third-order valence-electron chi connectivity index (χ3n) is 3.80. The molecule has 0 saturated carbocycles. The number of alkyl halides is 3. The van der Waals surface area contributed by atoms with Crippen LogP contribution in [-0.4, -0.2) is 32.6 Å². The fraction of sp³-hybridized carbons (Fsp3) is 0.111. The van der Waals surface area contributed by atoms with Crippen LogP contribution in [0.15, 0.2) is 64.8 Å². The van der Waals surface area contributed by atoms with Gasteiger partial charge in [-0.05, 0) is 31.2 Å². The summed E-state index contributed by atoms with van der Waals surface area (Å²) in [5.74, 6) is -0.860. The van der Waals surface area contributed by atoms with Crippen molar-refractivity contribution in [3.63, 3.8) is 0 Å². The predicted molar refractivity (Wildman–Crippen MR) is 95.4 cm³/mol. The smallest absolute Gasteiger partial charge is 0.295 e. The Morgan fingerprint density at radius 1 is 1.14 bits per heavy atom. The number of amides is 1. The van der Waals surface area contributed by atoms with Gasteiger partial charge < -0.3 is 0 Å². The summed E-state index contributed by atoms with van der Waals surface area (Å²) in [7, 11) is 0. The van der Waals surface area contributed by atoms with Gasteiger partial charge >= 0.3 is 6.18 Å². The summed E-state index contributed by atoms with van der Waals surface area (Å²) in [6, 6.07) is 10.8. The quantitative estimate of drug-likeness (QED) is 0.531. The monoisotopic (exact) mass is 389 g/mol. The van der Waals surface area contributed by atoms with Gasteiger partial charge in [-0.25, -0.2) is 10.1 Å². The fourth-order valence-electron chi connectivity index (χ4n) is 2.52. The number of aryl methyl sites for hydroxylation is 1. The van der Waals surface area contributed by atoms with Crippen LogP contribution in [0.3, 0.4) is 0 Å². The fourth-order valence-corrected chi connectivity index (χ4v) is 2.52. The SMILES string of the molecule is Cc1[nH]n(-c2ccccc2)c(=O)c1/C(=N\NC(=O)c1ccncc1)C(F)(F)F. The zero-order valence-electron chi connectivity index (χ0n) is 14.5. The molecule has 0 aliphatic carbocycles. The average Bonchev–Trinajstić information content (AvgIpc) is 2.97. The molecule has 144 valence electrons. The summed E-state index contributed by atoms with van der Waals surface area (Å²) in [5, 5.41) is 5.81. The molecule has 0 spiro atoms. The number of rotatable bonds is 4. The molecule has 0 saturated heterocycles. The van der Waals surface area contributed by atoms with Gasteiger partial charge in [-0.3, -0.25) is 19.7 Å². The van der Waals surface area contributed by atoms with E-state index in [1.807, 2.05) is 5.43 Å². The van der Waals surface area contributed by atoms with Crippen LogP contribution in [0.1, 0.15) is 21.6 Å². The van der Waals surface area contributed by atoms with Gasteiger partial charge in [-0.15, -0.1) is 0 Å². The maximum Gasteiger partial charge on any atom is 0.435 e. The molecule has 1 amide bonds. The van der Waals surface area contributed by atoms with Crippen molar-refractivity contribution in [3.8, 4) is 5.69 Å². The Labute approximate surface area is 156 Å². The number of aromatic nitrogens is 3. The molecule has 0 unspecified atom stereocenters. The van der Waals surface area contributed by atoms with Gasteiger partial charge in [0, 0.05) is 23.7 Å². The Balaban J connectivity index is 2.03. The first kappa shape index (κ1) is 19.1. The van der Waals surface area contributed by atoms with E-state index in [1.54, 1.807) is 30.3 Å². The number of benzene rings is 1. The van der Waals surface area contributed by atoms with Crippen molar-refractivity contribution >= 4 is 11.6 Å². The van der Waals surface area contributed by atoms with E-state index in [9.17, 15) is 22.8 Å². The molecule has 1 aromatic carbocycles. The second-order valence-electron chi connectivity index (χ2n) is 5.72. The largest absolute Gasteiger partial charge is 0.435 e. The van der Waals surface area contributed by atoms with E-state index in [2.05, 4.69) is 15.2 Å². The number of carbonyl (C=O) groups is 1. The van der Waals surface area contributed by atoms with Gasteiger partial charge in [0.05, 0.1) is 11.3 Å². The number of hydrogen-bond donors (Lipinski definition) is 2. The number of pyridine rings is 1. The van der Waals surface area contributed by atoms with Crippen LogP contribution in [0.4, 0.5) is 13.2 Å². The molecule has 0 bridgehead atoms. The minimum Gasteiger partial charge on any atom is -0.295 e. The Morgan fingerprint density at radius 2 is 1.79 bits per heavy atom. The van der Waals surface area contributed by atoms with Crippen LogP contribution in [0.25, 0.3) is 5.69 Å². The lowest BCUT2D eigenvalue weighted by molar-refractivity contribution is -0.0584. The number of aromatic amines is 1. The standard InChI is InChI=1S/C18H14F3N5O2/c1-11-14(17(28)26(25-11)13-5-3-2-4-6-13)15(18(19,20)21)23-24-16(27)12-7-9-22-10-8-12/h2-10,25H,1H3,(H,24,27)/b23-15+. The van der Waals surface area contributed by atoms with Gasteiger partial charge in [0.1, 0.15) is 0 Å². The minimum atomic E-state index is -4.97. The third kappa shape index (κ3) is 3.85. The van der Waals surface area contributed by atoms with Crippen molar-refractivity contribution in [2.45, 2.75) is 13.1 Å². The van der Waals surface area contributed by atoms with E-state index < -0.39 is 28.9 Å². The summed E-state index contributed by atoms with van der Waals surface area (Å²) in [6.45, 7) is 1.32. The second-order valence-corrected chi connectivity index (χ2v) is 5.72. The Hall–Kier alpha value is -3.69. The molecule has 0 atom stereocenters. The van der Waals surface area contributed by atoms with Crippen molar-refractivity contribution in [1.82, 2.24) is 20.2 Å². The Bertz CT molecular complexity index is 1070. The molecule has 0 aliphatic rings. The number of nitrogens with zero attached hydrogens (tertiary/aromatic N) is 3. The van der Waals surface area contributed by atoms with E-state index in [1.165, 1.54) is 31.5 Å². The summed E-state index contributed by atoms with van der Waals surface area (Å²) >= 11 is 0. The van der Waals surface area contributed by atoms with Crippen LogP contribution in [0.2, 0.25) is 0 Å². The van der Waals surface area contributed by atoms with Crippen molar-refractivity contribution in [2.24, 2.45) is 5.10 Å². The molecule has 0 fully saturated rings. The van der Waals surface area contributed by atoms with Crippen LogP contribution >= 0.6 is 0 Å². The van der Waals surface area contributed by atoms with Crippen LogP contribution in [0, 0.1) is 6.92 Å². The van der Waals surface area contributed by atoms with Crippen molar-refractivity contribution in [2.75, 3.05) is 0 Å². The summed E-state index contributed by atoms with van der Waals surface area (Å²) in [5.41, 5.74) is -0.854.